The van der Waals surface area contributed by atoms with Crippen molar-refractivity contribution < 1.29 is 0 Å². The fourth-order valence-electron chi connectivity index (χ4n) is 1.70. The van der Waals surface area contributed by atoms with Crippen LogP contribution in [0.15, 0.2) is 39.4 Å². The van der Waals surface area contributed by atoms with Crippen LogP contribution in [0.1, 0.15) is 11.4 Å². The van der Waals surface area contributed by atoms with Gasteiger partial charge in [0.25, 0.3) is 0 Å². The SMILES string of the molecule is Cc1cc(C)n(-c2cncc(Sc3nccs3)n2)n1. The number of nitrogens with zero attached hydrogens (tertiary/aromatic N) is 5. The first kappa shape index (κ1) is 12.3. The molecule has 0 amide bonds. The van der Waals surface area contributed by atoms with Gasteiger partial charge in [0.1, 0.15) is 5.03 Å². The molecule has 0 aromatic carbocycles. The summed E-state index contributed by atoms with van der Waals surface area (Å²) in [6.07, 6.45) is 5.23. The Bertz CT molecular complexity index is 690. The van der Waals surface area contributed by atoms with Crippen molar-refractivity contribution in [1.29, 1.82) is 0 Å². The third kappa shape index (κ3) is 2.66. The third-order valence-corrected chi connectivity index (χ3v) is 4.22. The van der Waals surface area contributed by atoms with Crippen LogP contribution in [0.5, 0.6) is 0 Å². The lowest BCUT2D eigenvalue weighted by molar-refractivity contribution is 0.783. The Morgan fingerprint density at radius 2 is 2.16 bits per heavy atom. The fourth-order valence-corrected chi connectivity index (χ4v) is 3.22. The number of aryl methyl sites for hydroxylation is 2. The number of aromatic nitrogens is 5. The summed E-state index contributed by atoms with van der Waals surface area (Å²) < 4.78 is 2.76. The molecule has 0 aliphatic rings. The minimum atomic E-state index is 0.729. The second kappa shape index (κ2) is 5.10. The molecule has 0 radical (unpaired) electrons. The predicted molar refractivity (Wildman–Crippen MR) is 74.9 cm³/mol. The Kier molecular flexibility index (Phi) is 3.31. The molecule has 0 bridgehead atoms. The molecule has 7 heteroatoms. The van der Waals surface area contributed by atoms with Gasteiger partial charge < -0.3 is 0 Å². The predicted octanol–water partition coefficient (Wildman–Crippen LogP) is 2.89. The highest BCUT2D eigenvalue weighted by Gasteiger charge is 2.08. The summed E-state index contributed by atoms with van der Waals surface area (Å²) in [5, 5.41) is 7.18. The molecule has 96 valence electrons. The zero-order valence-corrected chi connectivity index (χ0v) is 12.1. The lowest BCUT2D eigenvalue weighted by Gasteiger charge is -2.04. The molecule has 0 unspecified atom stereocenters. The van der Waals surface area contributed by atoms with E-state index in [0.29, 0.717) is 0 Å². The number of hydrogen-bond acceptors (Lipinski definition) is 6. The zero-order valence-electron chi connectivity index (χ0n) is 10.4. The number of hydrogen-bond donors (Lipinski definition) is 0. The van der Waals surface area contributed by atoms with E-state index in [4.69, 9.17) is 0 Å². The highest BCUT2D eigenvalue weighted by atomic mass is 32.2. The third-order valence-electron chi connectivity index (χ3n) is 2.43. The maximum Gasteiger partial charge on any atom is 0.173 e. The van der Waals surface area contributed by atoms with Crippen molar-refractivity contribution in [3.8, 4) is 5.82 Å². The van der Waals surface area contributed by atoms with Crippen molar-refractivity contribution in [2.75, 3.05) is 0 Å². The van der Waals surface area contributed by atoms with Gasteiger partial charge in [-0.15, -0.1) is 11.3 Å². The molecule has 0 saturated carbocycles. The van der Waals surface area contributed by atoms with E-state index in [1.807, 2.05) is 25.3 Å². The van der Waals surface area contributed by atoms with Crippen LogP contribution >= 0.6 is 23.1 Å². The van der Waals surface area contributed by atoms with Crippen molar-refractivity contribution in [1.82, 2.24) is 24.7 Å². The smallest absolute Gasteiger partial charge is 0.173 e. The Balaban J connectivity index is 1.93. The van der Waals surface area contributed by atoms with Crippen LogP contribution in [0.3, 0.4) is 0 Å². The molecule has 5 nitrogen and oxygen atoms in total. The summed E-state index contributed by atoms with van der Waals surface area (Å²) in [6.45, 7) is 3.97. The largest absolute Gasteiger partial charge is 0.258 e. The standard InChI is InChI=1S/C12H11N5S2/c1-8-5-9(2)17(16-8)10-6-13-7-11(15-10)19-12-14-3-4-18-12/h3-7H,1-2H3. The van der Waals surface area contributed by atoms with E-state index in [1.165, 1.54) is 11.8 Å². The molecule has 0 atom stereocenters. The second-order valence-electron chi connectivity index (χ2n) is 3.95. The van der Waals surface area contributed by atoms with E-state index in [1.54, 1.807) is 34.6 Å². The first-order valence-electron chi connectivity index (χ1n) is 5.65. The maximum absolute atomic E-state index is 4.56. The molecule has 0 fully saturated rings. The lowest BCUT2D eigenvalue weighted by atomic mass is 10.4. The summed E-state index contributed by atoms with van der Waals surface area (Å²) in [6, 6.07) is 2.02. The van der Waals surface area contributed by atoms with Crippen molar-refractivity contribution in [3.63, 3.8) is 0 Å². The molecule has 0 N–H and O–H groups in total. The Hall–Kier alpha value is -1.73. The van der Waals surface area contributed by atoms with Gasteiger partial charge in [0.15, 0.2) is 10.2 Å². The molecule has 0 saturated heterocycles. The van der Waals surface area contributed by atoms with Crippen molar-refractivity contribution >= 4 is 23.1 Å². The second-order valence-corrected chi connectivity index (χ2v) is 6.12. The number of rotatable bonds is 3. The Labute approximate surface area is 118 Å². The van der Waals surface area contributed by atoms with Crippen LogP contribution in [0.25, 0.3) is 5.82 Å². The number of thiazole rings is 1. The molecule has 0 aliphatic heterocycles. The molecule has 0 spiro atoms. The molecular formula is C12H11N5S2. The summed E-state index contributed by atoms with van der Waals surface area (Å²) in [4.78, 5) is 13.0. The van der Waals surface area contributed by atoms with Crippen LogP contribution < -0.4 is 0 Å². The first-order chi connectivity index (χ1) is 9.22. The highest BCUT2D eigenvalue weighted by molar-refractivity contribution is 8.00. The van der Waals surface area contributed by atoms with E-state index < -0.39 is 0 Å². The Morgan fingerprint density at radius 1 is 1.26 bits per heavy atom. The van der Waals surface area contributed by atoms with Crippen LogP contribution in [-0.4, -0.2) is 24.7 Å². The summed E-state index contributed by atoms with van der Waals surface area (Å²) >= 11 is 3.10. The van der Waals surface area contributed by atoms with E-state index in [2.05, 4.69) is 20.1 Å². The van der Waals surface area contributed by atoms with Gasteiger partial charge in [-0.3, -0.25) is 4.98 Å². The van der Waals surface area contributed by atoms with Gasteiger partial charge in [-0.1, -0.05) is 0 Å². The van der Waals surface area contributed by atoms with Crippen LogP contribution in [0, 0.1) is 13.8 Å². The minimum absolute atomic E-state index is 0.729. The normalized spacial score (nSPS) is 10.8. The van der Waals surface area contributed by atoms with Crippen molar-refractivity contribution in [2.45, 2.75) is 23.2 Å². The van der Waals surface area contributed by atoms with Gasteiger partial charge in [0, 0.05) is 17.3 Å². The average Bonchev–Trinajstić information content (AvgIpc) is 2.99. The lowest BCUT2D eigenvalue weighted by Crippen LogP contribution is -2.03. The maximum atomic E-state index is 4.56. The first-order valence-corrected chi connectivity index (χ1v) is 7.35. The zero-order chi connectivity index (χ0) is 13.2. The molecule has 3 aromatic heterocycles. The van der Waals surface area contributed by atoms with E-state index in [0.717, 1.165) is 26.6 Å². The van der Waals surface area contributed by atoms with E-state index >= 15 is 0 Å². The summed E-state index contributed by atoms with van der Waals surface area (Å²) in [5.74, 6) is 0.729. The Morgan fingerprint density at radius 3 is 2.84 bits per heavy atom. The molecule has 3 aromatic rings. The van der Waals surface area contributed by atoms with Crippen LogP contribution in [-0.2, 0) is 0 Å². The van der Waals surface area contributed by atoms with Crippen molar-refractivity contribution in [3.05, 3.63) is 41.4 Å². The summed E-state index contributed by atoms with van der Waals surface area (Å²) in [5.41, 5.74) is 2.01. The van der Waals surface area contributed by atoms with Gasteiger partial charge >= 0.3 is 0 Å². The van der Waals surface area contributed by atoms with Crippen LogP contribution in [0.2, 0.25) is 0 Å². The van der Waals surface area contributed by atoms with E-state index in [9.17, 15) is 0 Å². The van der Waals surface area contributed by atoms with Gasteiger partial charge in [0.05, 0.1) is 18.1 Å². The molecule has 3 rings (SSSR count). The topological polar surface area (TPSA) is 56.5 Å². The van der Waals surface area contributed by atoms with Crippen molar-refractivity contribution in [2.24, 2.45) is 0 Å². The molecular weight excluding hydrogens is 278 g/mol. The van der Waals surface area contributed by atoms with Crippen LogP contribution in [0.4, 0.5) is 0 Å². The van der Waals surface area contributed by atoms with E-state index in [-0.39, 0.29) is 0 Å². The van der Waals surface area contributed by atoms with Gasteiger partial charge in [-0.25, -0.2) is 14.6 Å². The molecule has 19 heavy (non-hydrogen) atoms. The summed E-state index contributed by atoms with van der Waals surface area (Å²) in [7, 11) is 0. The van der Waals surface area contributed by atoms with Gasteiger partial charge in [-0.05, 0) is 31.7 Å². The molecule has 0 aliphatic carbocycles. The quantitative estimate of drug-likeness (QED) is 0.742. The minimum Gasteiger partial charge on any atom is -0.258 e. The monoisotopic (exact) mass is 289 g/mol. The van der Waals surface area contributed by atoms with Gasteiger partial charge in [-0.2, -0.15) is 5.10 Å². The fraction of sp³-hybridized carbons (Fsp3) is 0.167. The average molecular weight is 289 g/mol. The highest BCUT2D eigenvalue weighted by Crippen LogP contribution is 2.27. The molecule has 3 heterocycles. The van der Waals surface area contributed by atoms with Gasteiger partial charge in [0.2, 0.25) is 0 Å².